The van der Waals surface area contributed by atoms with Crippen LogP contribution in [0.4, 0.5) is 11.4 Å². The quantitative estimate of drug-likeness (QED) is 0.417. The van der Waals surface area contributed by atoms with Gasteiger partial charge in [0.2, 0.25) is 5.91 Å². The number of hydrogen-bond donors (Lipinski definition) is 2. The summed E-state index contributed by atoms with van der Waals surface area (Å²) in [7, 11) is -3.76. The molecule has 2 aromatic heterocycles. The van der Waals surface area contributed by atoms with Crippen LogP contribution in [0.2, 0.25) is 0 Å². The molecule has 0 spiro atoms. The number of carbonyl (C=O) groups is 1. The van der Waals surface area contributed by atoms with Crippen LogP contribution >= 0.6 is 22.7 Å². The fourth-order valence-electron chi connectivity index (χ4n) is 2.74. The number of hydrogen-bond acceptors (Lipinski definition) is 6. The van der Waals surface area contributed by atoms with Crippen LogP contribution in [0.15, 0.2) is 82.4 Å². The summed E-state index contributed by atoms with van der Waals surface area (Å²) in [4.78, 5) is 18.3. The summed E-state index contributed by atoms with van der Waals surface area (Å²) >= 11 is 3.09. The first-order valence-electron chi connectivity index (χ1n) is 8.96. The minimum absolute atomic E-state index is 0.0989. The van der Waals surface area contributed by atoms with E-state index in [2.05, 4.69) is 15.0 Å². The van der Waals surface area contributed by atoms with Crippen LogP contribution in [0.1, 0.15) is 5.69 Å². The van der Waals surface area contributed by atoms with Crippen LogP contribution in [-0.2, 0) is 21.2 Å². The summed E-state index contributed by atoms with van der Waals surface area (Å²) in [5.74, 6) is -0.274. The number of amides is 1. The molecule has 6 nitrogen and oxygen atoms in total. The van der Waals surface area contributed by atoms with E-state index in [0.29, 0.717) is 17.1 Å². The number of thiazole rings is 1. The van der Waals surface area contributed by atoms with Crippen LogP contribution in [0.25, 0.3) is 9.88 Å². The van der Waals surface area contributed by atoms with Gasteiger partial charge in [-0.25, -0.2) is 13.4 Å². The molecule has 2 aromatic carbocycles. The van der Waals surface area contributed by atoms with Gasteiger partial charge in [0.15, 0.2) is 0 Å². The third kappa shape index (κ3) is 4.76. The Hall–Kier alpha value is -3.01. The lowest BCUT2D eigenvalue weighted by Gasteiger charge is -2.13. The molecular formula is C21H17N3O3S3. The first-order valence-corrected chi connectivity index (χ1v) is 12.2. The largest absolute Gasteiger partial charge is 0.324 e. The molecule has 0 bridgehead atoms. The zero-order valence-corrected chi connectivity index (χ0v) is 18.1. The Morgan fingerprint density at radius 1 is 0.900 bits per heavy atom. The molecule has 0 fully saturated rings. The average Bonchev–Trinajstić information content (AvgIpc) is 3.42. The van der Waals surface area contributed by atoms with Crippen molar-refractivity contribution in [3.63, 3.8) is 0 Å². The summed E-state index contributed by atoms with van der Waals surface area (Å²) in [5, 5.41) is 7.50. The highest BCUT2D eigenvalue weighted by atomic mass is 32.2. The summed E-state index contributed by atoms with van der Waals surface area (Å²) in [6.07, 6.45) is 0.0989. The molecule has 0 atom stereocenters. The molecule has 4 aromatic rings. The summed E-state index contributed by atoms with van der Waals surface area (Å²) in [5.41, 5.74) is 1.35. The molecule has 0 saturated heterocycles. The predicted molar refractivity (Wildman–Crippen MR) is 121 cm³/mol. The van der Waals surface area contributed by atoms with E-state index >= 15 is 0 Å². The van der Waals surface area contributed by atoms with Gasteiger partial charge < -0.3 is 5.32 Å². The van der Waals surface area contributed by atoms with E-state index in [1.54, 1.807) is 53.8 Å². The van der Waals surface area contributed by atoms with E-state index in [1.165, 1.54) is 23.5 Å². The topological polar surface area (TPSA) is 88.2 Å². The molecule has 0 aliphatic rings. The SMILES string of the molecule is O=C(Cc1csc(-c2cccs2)n1)Nc1ccccc1NS(=O)(=O)c1ccccc1. The third-order valence-electron chi connectivity index (χ3n) is 4.12. The van der Waals surface area contributed by atoms with Crippen molar-refractivity contribution in [2.24, 2.45) is 0 Å². The molecule has 1 amide bonds. The van der Waals surface area contributed by atoms with Crippen LogP contribution in [0, 0.1) is 0 Å². The number of rotatable bonds is 7. The average molecular weight is 456 g/mol. The first kappa shape index (κ1) is 20.3. The minimum atomic E-state index is -3.76. The van der Waals surface area contributed by atoms with Gasteiger partial charge in [-0.3, -0.25) is 9.52 Å². The first-order chi connectivity index (χ1) is 14.5. The third-order valence-corrected chi connectivity index (χ3v) is 7.44. The Bertz CT molecular complexity index is 1250. The van der Waals surface area contributed by atoms with Crippen LogP contribution in [0.3, 0.4) is 0 Å². The number of thiophene rings is 1. The van der Waals surface area contributed by atoms with Crippen molar-refractivity contribution in [3.8, 4) is 9.88 Å². The van der Waals surface area contributed by atoms with Crippen molar-refractivity contribution >= 4 is 50.0 Å². The summed E-state index contributed by atoms with van der Waals surface area (Å²) in [6.45, 7) is 0. The van der Waals surface area contributed by atoms with Crippen molar-refractivity contribution in [1.82, 2.24) is 4.98 Å². The molecule has 152 valence electrons. The van der Waals surface area contributed by atoms with E-state index in [0.717, 1.165) is 9.88 Å². The second-order valence-corrected chi connectivity index (χ2v) is 9.80. The number of carbonyl (C=O) groups excluding carboxylic acids is 1. The van der Waals surface area contributed by atoms with Crippen molar-refractivity contribution in [3.05, 3.63) is 83.2 Å². The summed E-state index contributed by atoms with van der Waals surface area (Å²) in [6, 6.07) is 18.7. The highest BCUT2D eigenvalue weighted by Gasteiger charge is 2.17. The molecule has 2 heterocycles. The number of para-hydroxylation sites is 2. The Labute approximate surface area is 182 Å². The molecule has 30 heavy (non-hydrogen) atoms. The number of nitrogens with one attached hydrogen (secondary N) is 2. The van der Waals surface area contributed by atoms with Crippen molar-refractivity contribution in [1.29, 1.82) is 0 Å². The Morgan fingerprint density at radius 3 is 2.37 bits per heavy atom. The van der Waals surface area contributed by atoms with Crippen LogP contribution < -0.4 is 10.0 Å². The van der Waals surface area contributed by atoms with Crippen LogP contribution in [-0.4, -0.2) is 19.3 Å². The maximum absolute atomic E-state index is 12.6. The lowest BCUT2D eigenvalue weighted by atomic mass is 10.2. The monoisotopic (exact) mass is 455 g/mol. The van der Waals surface area contributed by atoms with Gasteiger partial charge in [-0.1, -0.05) is 36.4 Å². The van der Waals surface area contributed by atoms with Gasteiger partial charge >= 0.3 is 0 Å². The van der Waals surface area contributed by atoms with Gasteiger partial charge in [-0.05, 0) is 35.7 Å². The van der Waals surface area contributed by atoms with E-state index in [1.807, 2.05) is 22.9 Å². The van der Waals surface area contributed by atoms with E-state index in [-0.39, 0.29) is 17.2 Å². The van der Waals surface area contributed by atoms with Gasteiger partial charge in [0.1, 0.15) is 5.01 Å². The normalized spacial score (nSPS) is 11.2. The molecular weight excluding hydrogens is 438 g/mol. The molecule has 0 aliphatic heterocycles. The minimum Gasteiger partial charge on any atom is -0.324 e. The molecule has 0 saturated carbocycles. The Balaban J connectivity index is 1.47. The highest BCUT2D eigenvalue weighted by molar-refractivity contribution is 7.92. The second kappa shape index (κ2) is 8.78. The van der Waals surface area contributed by atoms with Crippen molar-refractivity contribution in [2.45, 2.75) is 11.3 Å². The van der Waals surface area contributed by atoms with E-state index < -0.39 is 10.0 Å². The number of nitrogens with zero attached hydrogens (tertiary/aromatic N) is 1. The van der Waals surface area contributed by atoms with Crippen LogP contribution in [0.5, 0.6) is 0 Å². The molecule has 0 radical (unpaired) electrons. The van der Waals surface area contributed by atoms with Gasteiger partial charge in [-0.15, -0.1) is 22.7 Å². The van der Waals surface area contributed by atoms with Crippen molar-refractivity contribution < 1.29 is 13.2 Å². The number of sulfonamides is 1. The van der Waals surface area contributed by atoms with E-state index in [4.69, 9.17) is 0 Å². The lowest BCUT2D eigenvalue weighted by molar-refractivity contribution is -0.115. The fraction of sp³-hybridized carbons (Fsp3) is 0.0476. The zero-order valence-electron chi connectivity index (χ0n) is 15.6. The van der Waals surface area contributed by atoms with Gasteiger partial charge in [0.25, 0.3) is 10.0 Å². The lowest BCUT2D eigenvalue weighted by Crippen LogP contribution is -2.18. The van der Waals surface area contributed by atoms with E-state index in [9.17, 15) is 13.2 Å². The molecule has 9 heteroatoms. The highest BCUT2D eigenvalue weighted by Crippen LogP contribution is 2.28. The number of aromatic nitrogens is 1. The van der Waals surface area contributed by atoms with Gasteiger partial charge in [0, 0.05) is 5.38 Å². The molecule has 0 aliphatic carbocycles. The molecule has 2 N–H and O–H groups in total. The van der Waals surface area contributed by atoms with Crippen molar-refractivity contribution in [2.75, 3.05) is 10.0 Å². The standard InChI is InChI=1S/C21H17N3O3S3/c25-20(13-15-14-29-21(22-15)19-11-6-12-28-19)23-17-9-4-5-10-18(17)24-30(26,27)16-7-2-1-3-8-16/h1-12,14,24H,13H2,(H,23,25). The van der Waals surface area contributed by atoms with Gasteiger partial charge in [-0.2, -0.15) is 0 Å². The molecule has 0 unspecified atom stereocenters. The fourth-order valence-corrected chi connectivity index (χ4v) is 5.48. The smallest absolute Gasteiger partial charge is 0.261 e. The van der Waals surface area contributed by atoms with Gasteiger partial charge in [0.05, 0.1) is 33.3 Å². The number of benzene rings is 2. The number of anilines is 2. The maximum Gasteiger partial charge on any atom is 0.261 e. The molecule has 4 rings (SSSR count). The maximum atomic E-state index is 12.6. The Kier molecular flexibility index (Phi) is 5.93. The second-order valence-electron chi connectivity index (χ2n) is 6.31. The zero-order chi connectivity index (χ0) is 21.0. The summed E-state index contributed by atoms with van der Waals surface area (Å²) < 4.78 is 27.8. The predicted octanol–water partition coefficient (Wildman–Crippen LogP) is 4.85. The Morgan fingerprint density at radius 2 is 1.63 bits per heavy atom.